The summed E-state index contributed by atoms with van der Waals surface area (Å²) < 4.78 is 28.5. The molecule has 0 aromatic heterocycles. The van der Waals surface area contributed by atoms with Gasteiger partial charge in [0, 0.05) is 6.54 Å². The molecule has 1 N–H and O–H groups in total. The van der Waals surface area contributed by atoms with E-state index in [1.54, 1.807) is 12.1 Å². The Kier molecular flexibility index (Phi) is 7.18. The molecule has 33 heavy (non-hydrogen) atoms. The number of hydrogen-bond acceptors (Lipinski definition) is 2. The van der Waals surface area contributed by atoms with E-state index in [1.165, 1.54) is 0 Å². The second-order valence-electron chi connectivity index (χ2n) is 7.91. The fourth-order valence-corrected chi connectivity index (χ4v) is 4.92. The summed E-state index contributed by atoms with van der Waals surface area (Å²) in [7, 11) is -3.58. The van der Waals surface area contributed by atoms with E-state index in [9.17, 15) is 8.42 Å². The molecule has 166 valence electrons. The van der Waals surface area contributed by atoms with Crippen molar-refractivity contribution in [3.05, 3.63) is 138 Å². The SMILES string of the molecule is Cc1ccc(S(=O)(=O)NCCC(=C(c2ccccc2)c2ccccc2)c2ccccc2)cc1. The Bertz CT molecular complexity index is 1270. The van der Waals surface area contributed by atoms with E-state index in [0.29, 0.717) is 13.0 Å². The Morgan fingerprint density at radius 3 is 1.58 bits per heavy atom. The van der Waals surface area contributed by atoms with E-state index in [-0.39, 0.29) is 4.90 Å². The molecule has 0 heterocycles. The minimum atomic E-state index is -3.58. The summed E-state index contributed by atoms with van der Waals surface area (Å²) >= 11 is 0. The van der Waals surface area contributed by atoms with E-state index in [1.807, 2.05) is 73.7 Å². The molecule has 0 aliphatic carbocycles. The van der Waals surface area contributed by atoms with Gasteiger partial charge in [-0.1, -0.05) is 109 Å². The van der Waals surface area contributed by atoms with Gasteiger partial charge in [-0.2, -0.15) is 0 Å². The molecule has 0 saturated heterocycles. The lowest BCUT2D eigenvalue weighted by Gasteiger charge is -2.18. The highest BCUT2D eigenvalue weighted by molar-refractivity contribution is 7.89. The third-order valence-electron chi connectivity index (χ3n) is 5.55. The van der Waals surface area contributed by atoms with Crippen molar-refractivity contribution in [3.63, 3.8) is 0 Å². The molecular weight excluding hydrogens is 426 g/mol. The summed E-state index contributed by atoms with van der Waals surface area (Å²) in [5.74, 6) is 0. The van der Waals surface area contributed by atoms with E-state index in [4.69, 9.17) is 0 Å². The number of benzene rings is 4. The van der Waals surface area contributed by atoms with Crippen LogP contribution in [0.15, 0.2) is 120 Å². The summed E-state index contributed by atoms with van der Waals surface area (Å²) in [6, 6.07) is 37.6. The molecule has 0 amide bonds. The molecule has 4 rings (SSSR count). The largest absolute Gasteiger partial charge is 0.240 e. The molecule has 0 aliphatic heterocycles. The van der Waals surface area contributed by atoms with Crippen LogP contribution in [0.4, 0.5) is 0 Å². The third kappa shape index (κ3) is 5.67. The van der Waals surface area contributed by atoms with Gasteiger partial charge in [-0.15, -0.1) is 0 Å². The van der Waals surface area contributed by atoms with Crippen molar-refractivity contribution in [1.82, 2.24) is 4.72 Å². The van der Waals surface area contributed by atoms with Gasteiger partial charge in [0.2, 0.25) is 10.0 Å². The highest BCUT2D eigenvalue weighted by Gasteiger charge is 2.17. The van der Waals surface area contributed by atoms with Crippen LogP contribution in [-0.4, -0.2) is 15.0 Å². The number of sulfonamides is 1. The van der Waals surface area contributed by atoms with Gasteiger partial charge in [0.15, 0.2) is 0 Å². The molecule has 0 atom stereocenters. The van der Waals surface area contributed by atoms with Crippen LogP contribution in [0.1, 0.15) is 28.7 Å². The maximum atomic E-state index is 12.8. The first-order valence-corrected chi connectivity index (χ1v) is 12.5. The average Bonchev–Trinajstić information content (AvgIpc) is 2.85. The Balaban J connectivity index is 1.73. The topological polar surface area (TPSA) is 46.2 Å². The summed E-state index contributed by atoms with van der Waals surface area (Å²) in [5.41, 5.74) is 6.51. The van der Waals surface area contributed by atoms with Gasteiger partial charge in [-0.25, -0.2) is 13.1 Å². The van der Waals surface area contributed by atoms with Crippen LogP contribution in [-0.2, 0) is 10.0 Å². The van der Waals surface area contributed by atoms with E-state index < -0.39 is 10.0 Å². The fourth-order valence-electron chi connectivity index (χ4n) is 3.89. The normalized spacial score (nSPS) is 11.2. The lowest BCUT2D eigenvalue weighted by atomic mass is 9.88. The first-order chi connectivity index (χ1) is 16.0. The van der Waals surface area contributed by atoms with Crippen LogP contribution in [0.25, 0.3) is 11.1 Å². The minimum absolute atomic E-state index is 0.282. The zero-order valence-electron chi connectivity index (χ0n) is 18.6. The number of nitrogens with one attached hydrogen (secondary N) is 1. The predicted octanol–water partition coefficient (Wildman–Crippen LogP) is 6.32. The van der Waals surface area contributed by atoms with Crippen LogP contribution >= 0.6 is 0 Å². The monoisotopic (exact) mass is 453 g/mol. The standard InChI is InChI=1S/C29H27NO2S/c1-23-17-19-27(20-18-23)33(31,32)30-22-21-28(24-11-5-2-6-12-24)29(25-13-7-3-8-14-25)26-15-9-4-10-16-26/h2-20,30H,21-22H2,1H3. The first kappa shape index (κ1) is 22.7. The van der Waals surface area contributed by atoms with Crippen LogP contribution < -0.4 is 4.72 Å². The van der Waals surface area contributed by atoms with E-state index in [2.05, 4.69) is 41.1 Å². The Hall–Kier alpha value is -3.47. The summed E-state index contributed by atoms with van der Waals surface area (Å²) in [5, 5.41) is 0. The maximum absolute atomic E-state index is 12.8. The van der Waals surface area contributed by atoms with Crippen molar-refractivity contribution in [2.75, 3.05) is 6.54 Å². The predicted molar refractivity (Wildman–Crippen MR) is 136 cm³/mol. The molecule has 0 saturated carbocycles. The molecule has 4 aromatic rings. The molecule has 3 nitrogen and oxygen atoms in total. The molecule has 0 spiro atoms. The molecule has 0 fully saturated rings. The Morgan fingerprint density at radius 1 is 0.636 bits per heavy atom. The van der Waals surface area contributed by atoms with E-state index in [0.717, 1.165) is 33.4 Å². The van der Waals surface area contributed by atoms with Gasteiger partial charge in [0.25, 0.3) is 0 Å². The lowest BCUT2D eigenvalue weighted by Crippen LogP contribution is -2.25. The van der Waals surface area contributed by atoms with Crippen molar-refractivity contribution in [3.8, 4) is 0 Å². The minimum Gasteiger partial charge on any atom is -0.211 e. The van der Waals surface area contributed by atoms with Crippen molar-refractivity contribution < 1.29 is 8.42 Å². The molecule has 4 heteroatoms. The molecule has 0 aliphatic rings. The second kappa shape index (κ2) is 10.4. The molecular formula is C29H27NO2S. The van der Waals surface area contributed by atoms with Gasteiger partial charge in [0.05, 0.1) is 4.90 Å². The highest BCUT2D eigenvalue weighted by Crippen LogP contribution is 2.34. The zero-order valence-corrected chi connectivity index (χ0v) is 19.4. The van der Waals surface area contributed by atoms with Gasteiger partial charge >= 0.3 is 0 Å². The van der Waals surface area contributed by atoms with E-state index >= 15 is 0 Å². The smallest absolute Gasteiger partial charge is 0.211 e. The third-order valence-corrected chi connectivity index (χ3v) is 7.02. The molecule has 0 unspecified atom stereocenters. The van der Waals surface area contributed by atoms with Crippen molar-refractivity contribution in [2.45, 2.75) is 18.2 Å². The number of rotatable bonds is 8. The average molecular weight is 454 g/mol. The first-order valence-electron chi connectivity index (χ1n) is 11.0. The summed E-state index contributed by atoms with van der Waals surface area (Å²) in [6.07, 6.45) is 0.550. The zero-order chi connectivity index (χ0) is 23.1. The van der Waals surface area contributed by atoms with Crippen LogP contribution in [0.3, 0.4) is 0 Å². The van der Waals surface area contributed by atoms with Crippen molar-refractivity contribution in [1.29, 1.82) is 0 Å². The van der Waals surface area contributed by atoms with Gasteiger partial charge in [-0.3, -0.25) is 0 Å². The fraction of sp³-hybridized carbons (Fsp3) is 0.103. The highest BCUT2D eigenvalue weighted by atomic mass is 32.2. The van der Waals surface area contributed by atoms with Gasteiger partial charge in [0.1, 0.15) is 0 Å². The second-order valence-corrected chi connectivity index (χ2v) is 9.68. The number of aryl methyl sites for hydroxylation is 1. The molecule has 0 radical (unpaired) electrons. The Morgan fingerprint density at radius 2 is 1.09 bits per heavy atom. The van der Waals surface area contributed by atoms with Crippen LogP contribution in [0.5, 0.6) is 0 Å². The number of hydrogen-bond donors (Lipinski definition) is 1. The van der Waals surface area contributed by atoms with Crippen molar-refractivity contribution >= 4 is 21.2 Å². The maximum Gasteiger partial charge on any atom is 0.240 e. The molecule has 0 bridgehead atoms. The lowest BCUT2D eigenvalue weighted by molar-refractivity contribution is 0.582. The van der Waals surface area contributed by atoms with Crippen LogP contribution in [0, 0.1) is 6.92 Å². The molecule has 4 aromatic carbocycles. The summed E-state index contributed by atoms with van der Waals surface area (Å²) in [6.45, 7) is 2.24. The van der Waals surface area contributed by atoms with Gasteiger partial charge < -0.3 is 0 Å². The summed E-state index contributed by atoms with van der Waals surface area (Å²) in [4.78, 5) is 0.282. The van der Waals surface area contributed by atoms with Crippen molar-refractivity contribution in [2.24, 2.45) is 0 Å². The Labute approximate surface area is 196 Å². The van der Waals surface area contributed by atoms with Crippen LogP contribution in [0.2, 0.25) is 0 Å². The quantitative estimate of drug-likeness (QED) is 0.317. The van der Waals surface area contributed by atoms with Gasteiger partial charge in [-0.05, 0) is 53.3 Å².